The van der Waals surface area contributed by atoms with E-state index in [4.69, 9.17) is 0 Å². The van der Waals surface area contributed by atoms with Crippen LogP contribution >= 0.6 is 0 Å². The summed E-state index contributed by atoms with van der Waals surface area (Å²) in [5.74, 6) is 0. The van der Waals surface area contributed by atoms with Crippen molar-refractivity contribution in [2.45, 2.75) is 81.3 Å². The van der Waals surface area contributed by atoms with Crippen LogP contribution in [0, 0.1) is 0 Å². The van der Waals surface area contributed by atoms with E-state index < -0.39 is 14.8 Å². The first-order valence-corrected chi connectivity index (χ1v) is 9.07. The lowest BCUT2D eigenvalue weighted by atomic mass is 9.99. The number of halogens is 2. The van der Waals surface area contributed by atoms with Gasteiger partial charge in [0.05, 0.1) is 0 Å². The molecule has 0 spiro atoms. The van der Waals surface area contributed by atoms with Gasteiger partial charge in [-0.3, -0.25) is 0 Å². The average molecular weight is 246 g/mol. The minimum absolute atomic E-state index is 0.469. The third-order valence-corrected chi connectivity index (χ3v) is 8.77. The maximum atomic E-state index is 13.3. The second-order valence-electron chi connectivity index (χ2n) is 5.71. The second-order valence-corrected chi connectivity index (χ2v) is 9.25. The largest absolute Gasteiger partial charge is 0.218 e. The third-order valence-electron chi connectivity index (χ3n) is 4.68. The van der Waals surface area contributed by atoms with Gasteiger partial charge in [-0.05, 0) is 11.1 Å². The van der Waals surface area contributed by atoms with E-state index in [1.807, 2.05) is 0 Å². The molecule has 2 aliphatic rings. The molecule has 0 nitrogen and oxygen atoms in total. The van der Waals surface area contributed by atoms with Crippen molar-refractivity contribution < 1.29 is 8.78 Å². The standard InChI is InChI=1S/C13H24F2Si/c14-13(15)16(11-7-3-1-4-8-11)12-9-5-2-6-10-12/h11-13,16H,1-10H2. The van der Waals surface area contributed by atoms with Gasteiger partial charge in [0.2, 0.25) is 6.05 Å². The quantitative estimate of drug-likeness (QED) is 0.634. The van der Waals surface area contributed by atoms with Crippen LogP contribution in [0.25, 0.3) is 0 Å². The molecule has 0 aliphatic heterocycles. The maximum Gasteiger partial charge on any atom is 0.218 e. The molecule has 0 bridgehead atoms. The molecule has 0 atom stereocenters. The van der Waals surface area contributed by atoms with E-state index in [2.05, 4.69) is 0 Å². The van der Waals surface area contributed by atoms with Crippen LogP contribution in [-0.4, -0.2) is 14.8 Å². The van der Waals surface area contributed by atoms with Crippen molar-refractivity contribution in [3.05, 3.63) is 0 Å². The van der Waals surface area contributed by atoms with Crippen LogP contribution in [0.4, 0.5) is 8.78 Å². The second kappa shape index (κ2) is 6.13. The predicted molar refractivity (Wildman–Crippen MR) is 66.8 cm³/mol. The van der Waals surface area contributed by atoms with E-state index in [1.165, 1.54) is 38.5 Å². The van der Waals surface area contributed by atoms with Crippen molar-refractivity contribution in [3.63, 3.8) is 0 Å². The summed E-state index contributed by atoms with van der Waals surface area (Å²) in [5, 5.41) is 0. The highest BCUT2D eigenvalue weighted by Gasteiger charge is 2.38. The molecular weight excluding hydrogens is 222 g/mol. The van der Waals surface area contributed by atoms with Gasteiger partial charge in [0, 0.05) is 0 Å². The molecular formula is C13H24F2Si. The van der Waals surface area contributed by atoms with E-state index >= 15 is 0 Å². The number of rotatable bonds is 3. The molecule has 0 amide bonds. The molecule has 2 fully saturated rings. The van der Waals surface area contributed by atoms with E-state index in [0.29, 0.717) is 11.1 Å². The van der Waals surface area contributed by atoms with Crippen molar-refractivity contribution in [3.8, 4) is 0 Å². The van der Waals surface area contributed by atoms with Crippen LogP contribution in [-0.2, 0) is 0 Å². The first-order valence-electron chi connectivity index (χ1n) is 7.07. The van der Waals surface area contributed by atoms with Gasteiger partial charge in [-0.15, -0.1) is 0 Å². The first-order chi connectivity index (χ1) is 7.79. The van der Waals surface area contributed by atoms with Crippen molar-refractivity contribution in [2.75, 3.05) is 0 Å². The zero-order valence-corrected chi connectivity index (χ0v) is 11.3. The fraction of sp³-hybridized carbons (Fsp3) is 1.00. The van der Waals surface area contributed by atoms with E-state index in [0.717, 1.165) is 25.7 Å². The Hall–Kier alpha value is 0.0769. The molecule has 0 aromatic rings. The molecule has 16 heavy (non-hydrogen) atoms. The van der Waals surface area contributed by atoms with E-state index in [1.54, 1.807) is 0 Å². The summed E-state index contributed by atoms with van der Waals surface area (Å²) in [6, 6.07) is -1.94. The van der Waals surface area contributed by atoms with Gasteiger partial charge in [-0.2, -0.15) is 0 Å². The van der Waals surface area contributed by atoms with Gasteiger partial charge in [0.1, 0.15) is 8.80 Å². The maximum absolute atomic E-state index is 13.3. The Morgan fingerprint density at radius 1 is 0.688 bits per heavy atom. The van der Waals surface area contributed by atoms with Crippen LogP contribution in [0.1, 0.15) is 64.2 Å². The topological polar surface area (TPSA) is 0 Å². The van der Waals surface area contributed by atoms with Gasteiger partial charge < -0.3 is 0 Å². The Bertz CT molecular complexity index is 178. The Labute approximate surface area is 99.4 Å². The molecule has 0 N–H and O–H groups in total. The molecule has 0 unspecified atom stereocenters. The van der Waals surface area contributed by atoms with Crippen LogP contribution < -0.4 is 0 Å². The summed E-state index contributed by atoms with van der Waals surface area (Å²) in [4.78, 5) is 0. The van der Waals surface area contributed by atoms with Crippen LogP contribution in [0.5, 0.6) is 0 Å². The Morgan fingerprint density at radius 3 is 1.38 bits per heavy atom. The lowest BCUT2D eigenvalue weighted by molar-refractivity contribution is 0.221. The number of hydrogen-bond donors (Lipinski definition) is 0. The molecule has 94 valence electrons. The Balaban J connectivity index is 1.96. The predicted octanol–water partition coefficient (Wildman–Crippen LogP) is 4.69. The van der Waals surface area contributed by atoms with Crippen molar-refractivity contribution in [2.24, 2.45) is 0 Å². The summed E-state index contributed by atoms with van der Waals surface area (Å²) in [5.41, 5.74) is 0.939. The summed E-state index contributed by atoms with van der Waals surface area (Å²) in [6.07, 6.45) is 11.9. The molecule has 0 heterocycles. The van der Waals surface area contributed by atoms with E-state index in [-0.39, 0.29) is 0 Å². The molecule has 3 heteroatoms. The fourth-order valence-corrected chi connectivity index (χ4v) is 7.91. The SMILES string of the molecule is FC(F)[SiH](C1CCCCC1)C1CCCCC1. The zero-order chi connectivity index (χ0) is 11.4. The van der Waals surface area contributed by atoms with Crippen LogP contribution in [0.2, 0.25) is 11.1 Å². The molecule has 0 aromatic carbocycles. The molecule has 0 radical (unpaired) electrons. The Morgan fingerprint density at radius 2 is 1.06 bits per heavy atom. The normalized spacial score (nSPS) is 25.5. The van der Waals surface area contributed by atoms with Gasteiger partial charge >= 0.3 is 0 Å². The lowest BCUT2D eigenvalue weighted by Crippen LogP contribution is -2.37. The smallest absolute Gasteiger partial charge is 0.216 e. The van der Waals surface area contributed by atoms with Crippen molar-refractivity contribution in [1.29, 1.82) is 0 Å². The molecule has 2 aliphatic carbocycles. The fourth-order valence-electron chi connectivity index (χ4n) is 3.83. The average Bonchev–Trinajstić information content (AvgIpc) is 2.31. The summed E-state index contributed by atoms with van der Waals surface area (Å²) in [6.45, 7) is 0. The third kappa shape index (κ3) is 3.05. The molecule has 2 rings (SSSR count). The van der Waals surface area contributed by atoms with Gasteiger partial charge in [-0.1, -0.05) is 64.2 Å². The van der Waals surface area contributed by atoms with Gasteiger partial charge in [0.25, 0.3) is 0 Å². The van der Waals surface area contributed by atoms with Crippen molar-refractivity contribution in [1.82, 2.24) is 0 Å². The molecule has 0 aromatic heterocycles. The highest BCUT2D eigenvalue weighted by atomic mass is 28.3. The monoisotopic (exact) mass is 246 g/mol. The van der Waals surface area contributed by atoms with Gasteiger partial charge in [-0.25, -0.2) is 8.78 Å². The molecule has 2 saturated carbocycles. The minimum Gasteiger partial charge on any atom is -0.216 e. The number of hydrogen-bond acceptors (Lipinski definition) is 0. The minimum atomic E-state index is -1.94. The first kappa shape index (κ1) is 12.5. The number of alkyl halides is 2. The van der Waals surface area contributed by atoms with Crippen LogP contribution in [0.3, 0.4) is 0 Å². The summed E-state index contributed by atoms with van der Waals surface area (Å²) in [7, 11) is -1.80. The van der Waals surface area contributed by atoms with E-state index in [9.17, 15) is 8.78 Å². The van der Waals surface area contributed by atoms with Crippen molar-refractivity contribution >= 4 is 8.80 Å². The Kier molecular flexibility index (Phi) is 4.80. The summed E-state index contributed by atoms with van der Waals surface area (Å²) >= 11 is 0. The zero-order valence-electron chi connectivity index (χ0n) is 10.1. The highest BCUT2D eigenvalue weighted by molar-refractivity contribution is 6.63. The molecule has 0 saturated heterocycles. The lowest BCUT2D eigenvalue weighted by Gasteiger charge is -2.35. The van der Waals surface area contributed by atoms with Gasteiger partial charge in [0.15, 0.2) is 0 Å². The summed E-state index contributed by atoms with van der Waals surface area (Å²) < 4.78 is 26.7. The van der Waals surface area contributed by atoms with Crippen LogP contribution in [0.15, 0.2) is 0 Å². The highest BCUT2D eigenvalue weighted by Crippen LogP contribution is 2.43.